The normalized spacial score (nSPS) is 11.7. The Bertz CT molecular complexity index is 107. The molecule has 0 N–H and O–H groups in total. The Morgan fingerprint density at radius 2 is 2.00 bits per heavy atom. The first kappa shape index (κ1) is 11.9. The third-order valence-electron chi connectivity index (χ3n) is 1.24. The minimum absolute atomic E-state index is 0.241. The zero-order chi connectivity index (χ0) is 8.91. The molecular weight excluding hydrogens is 273 g/mol. The predicted octanol–water partition coefficient (Wildman–Crippen LogP) is 2.77. The molecule has 66 valence electrons. The van der Waals surface area contributed by atoms with Crippen molar-refractivity contribution in [3.8, 4) is 0 Å². The van der Waals surface area contributed by atoms with Crippen LogP contribution < -0.4 is 0 Å². The molecule has 0 aromatic rings. The van der Waals surface area contributed by atoms with Gasteiger partial charge in [0.05, 0.1) is 6.51 Å². The van der Waals surface area contributed by atoms with Crippen LogP contribution in [0.25, 0.3) is 0 Å². The van der Waals surface area contributed by atoms with Crippen molar-refractivity contribution in [3.05, 3.63) is 0 Å². The van der Waals surface area contributed by atoms with Gasteiger partial charge in [0.1, 0.15) is 0 Å². The number of rotatable bonds is 5. The Balaban J connectivity index is 3.15. The first-order chi connectivity index (χ1) is 4.92. The molecule has 0 aliphatic heterocycles. The second-order valence-electron chi connectivity index (χ2n) is 3.78. The van der Waals surface area contributed by atoms with E-state index in [4.69, 9.17) is 4.74 Å². The van der Waals surface area contributed by atoms with Crippen LogP contribution in [-0.2, 0) is 4.74 Å². The Hall–Kier alpha value is 0.902. The van der Waals surface area contributed by atoms with Gasteiger partial charge in [-0.3, -0.25) is 0 Å². The van der Waals surface area contributed by atoms with Crippen LogP contribution in [0.3, 0.4) is 0 Å². The smallest absolute Gasteiger partial charge is 0.386 e. The lowest BCUT2D eigenvalue weighted by molar-refractivity contribution is 0.188. The van der Waals surface area contributed by atoms with E-state index in [0.29, 0.717) is 0 Å². The van der Waals surface area contributed by atoms with Crippen molar-refractivity contribution in [2.75, 3.05) is 13.1 Å². The van der Waals surface area contributed by atoms with Gasteiger partial charge in [-0.05, 0) is 6.04 Å². The summed E-state index contributed by atoms with van der Waals surface area (Å²) in [6.45, 7) is 7.82. The van der Waals surface area contributed by atoms with Crippen molar-refractivity contribution < 1.29 is 9.05 Å². The van der Waals surface area contributed by atoms with Gasteiger partial charge >= 0.3 is 4.85 Å². The van der Waals surface area contributed by atoms with Gasteiger partial charge in [0.2, 0.25) is 0 Å². The van der Waals surface area contributed by atoms with E-state index in [0.717, 1.165) is 12.7 Å². The van der Waals surface area contributed by atoms with Crippen LogP contribution in [0.4, 0.5) is 4.32 Å². The molecule has 0 amide bonds. The molecular formula is C6H15BFIOSi. The van der Waals surface area contributed by atoms with Crippen LogP contribution in [0, 0.1) is 0 Å². The fourth-order valence-corrected chi connectivity index (χ4v) is 1.56. The van der Waals surface area contributed by atoms with Gasteiger partial charge in [0.15, 0.2) is 0 Å². The largest absolute Gasteiger partial charge is 0.441 e. The van der Waals surface area contributed by atoms with Crippen LogP contribution >= 0.6 is 22.4 Å². The molecule has 0 spiro atoms. The van der Waals surface area contributed by atoms with E-state index in [1.165, 1.54) is 0 Å². The topological polar surface area (TPSA) is 9.23 Å². The Morgan fingerprint density at radius 3 is 2.36 bits per heavy atom. The summed E-state index contributed by atoms with van der Waals surface area (Å²) < 4.78 is 17.3. The van der Waals surface area contributed by atoms with Gasteiger partial charge in [-0.1, -0.05) is 42.0 Å². The van der Waals surface area contributed by atoms with Crippen molar-refractivity contribution in [1.82, 2.24) is 0 Å². The van der Waals surface area contributed by atoms with Gasteiger partial charge in [-0.2, -0.15) is 0 Å². The SMILES string of the molecule is C[Si](C)(C)CCOCB(F)I. The van der Waals surface area contributed by atoms with Crippen LogP contribution in [-0.4, -0.2) is 26.0 Å². The number of halogens is 2. The highest BCUT2D eigenvalue weighted by Gasteiger charge is 2.13. The van der Waals surface area contributed by atoms with Crippen LogP contribution in [0.15, 0.2) is 0 Å². The molecule has 5 heteroatoms. The van der Waals surface area contributed by atoms with E-state index in [-0.39, 0.29) is 6.51 Å². The van der Waals surface area contributed by atoms with E-state index in [2.05, 4.69) is 19.6 Å². The maximum Gasteiger partial charge on any atom is 0.441 e. The molecule has 0 aromatic heterocycles. The first-order valence-electron chi connectivity index (χ1n) is 3.78. The maximum atomic E-state index is 12.2. The minimum Gasteiger partial charge on any atom is -0.386 e. The van der Waals surface area contributed by atoms with E-state index >= 15 is 0 Å². The highest BCUT2D eigenvalue weighted by atomic mass is 127. The average molecular weight is 288 g/mol. The molecule has 0 radical (unpaired) electrons. The molecule has 0 atom stereocenters. The summed E-state index contributed by atoms with van der Waals surface area (Å²) in [5.74, 6) is 0. The van der Waals surface area contributed by atoms with Gasteiger partial charge < -0.3 is 9.05 Å². The third-order valence-corrected chi connectivity index (χ3v) is 3.30. The summed E-state index contributed by atoms with van der Waals surface area (Å²) in [5.41, 5.74) is 0. The number of ether oxygens (including phenoxy) is 1. The fraction of sp³-hybridized carbons (Fsp3) is 1.00. The average Bonchev–Trinajstić information content (AvgIpc) is 1.78. The van der Waals surface area contributed by atoms with Crippen molar-refractivity contribution in [3.63, 3.8) is 0 Å². The zero-order valence-corrected chi connectivity index (χ0v) is 10.5. The van der Waals surface area contributed by atoms with E-state index < -0.39 is 12.9 Å². The lowest BCUT2D eigenvalue weighted by Gasteiger charge is -2.14. The van der Waals surface area contributed by atoms with Gasteiger partial charge in [-0.25, -0.2) is 0 Å². The predicted molar refractivity (Wildman–Crippen MR) is 59.9 cm³/mol. The lowest BCUT2D eigenvalue weighted by atomic mass is 10.1. The van der Waals surface area contributed by atoms with Crippen molar-refractivity contribution in [1.29, 1.82) is 0 Å². The summed E-state index contributed by atoms with van der Waals surface area (Å²) in [4.78, 5) is -0.853. The molecule has 0 unspecified atom stereocenters. The highest BCUT2D eigenvalue weighted by molar-refractivity contribution is 14.1. The van der Waals surface area contributed by atoms with Gasteiger partial charge in [0.25, 0.3) is 0 Å². The van der Waals surface area contributed by atoms with Gasteiger partial charge in [0, 0.05) is 14.7 Å². The molecule has 1 nitrogen and oxygen atoms in total. The van der Waals surface area contributed by atoms with E-state index in [9.17, 15) is 4.32 Å². The molecule has 0 aliphatic rings. The molecule has 0 saturated heterocycles. The Morgan fingerprint density at radius 1 is 1.45 bits per heavy atom. The minimum atomic E-state index is -0.979. The lowest BCUT2D eigenvalue weighted by Crippen LogP contribution is -2.22. The van der Waals surface area contributed by atoms with Crippen molar-refractivity contribution in [2.45, 2.75) is 25.7 Å². The zero-order valence-electron chi connectivity index (χ0n) is 7.36. The highest BCUT2D eigenvalue weighted by Crippen LogP contribution is 2.08. The maximum absolute atomic E-state index is 12.2. The molecule has 0 saturated carbocycles. The fourth-order valence-electron chi connectivity index (χ4n) is 0.551. The molecule has 0 bridgehead atoms. The molecule has 0 heterocycles. The molecule has 0 fully saturated rings. The summed E-state index contributed by atoms with van der Waals surface area (Å²) in [5, 5.41) is 0. The van der Waals surface area contributed by atoms with Crippen LogP contribution in [0.2, 0.25) is 25.7 Å². The second kappa shape index (κ2) is 5.53. The summed E-state index contributed by atoms with van der Waals surface area (Å²) in [7, 11) is -0.979. The summed E-state index contributed by atoms with van der Waals surface area (Å²) in [6.07, 6.45) is 0. The third kappa shape index (κ3) is 10.9. The monoisotopic (exact) mass is 288 g/mol. The molecule has 0 aliphatic carbocycles. The quantitative estimate of drug-likeness (QED) is 0.429. The van der Waals surface area contributed by atoms with Crippen molar-refractivity contribution in [2.24, 2.45) is 0 Å². The molecule has 11 heavy (non-hydrogen) atoms. The molecule has 0 rings (SSSR count). The van der Waals surface area contributed by atoms with Crippen LogP contribution in [0.1, 0.15) is 0 Å². The molecule has 0 aromatic carbocycles. The van der Waals surface area contributed by atoms with Crippen molar-refractivity contribution >= 4 is 35.3 Å². The standard InChI is InChI=1S/C6H15BFIOSi/c1-11(2,3)5-4-10-6-7(8)9/h4-6H2,1-3H3. The number of hydrogen-bond donors (Lipinski definition) is 0. The Labute approximate surface area is 83.1 Å². The summed E-state index contributed by atoms with van der Waals surface area (Å²) >= 11 is 1.72. The van der Waals surface area contributed by atoms with Crippen LogP contribution in [0.5, 0.6) is 0 Å². The van der Waals surface area contributed by atoms with E-state index in [1.54, 1.807) is 22.4 Å². The summed E-state index contributed by atoms with van der Waals surface area (Å²) in [6, 6.07) is 1.12. The first-order valence-corrected chi connectivity index (χ1v) is 8.73. The van der Waals surface area contributed by atoms with E-state index in [1.807, 2.05) is 0 Å². The number of hydrogen-bond acceptors (Lipinski definition) is 1. The van der Waals surface area contributed by atoms with Gasteiger partial charge in [-0.15, -0.1) is 0 Å². The second-order valence-corrected chi connectivity index (χ2v) is 10.7. The Kier molecular flexibility index (Phi) is 5.98.